The average molecular weight is 282 g/mol. The van der Waals surface area contributed by atoms with Crippen LogP contribution >= 0.6 is 0 Å². The van der Waals surface area contributed by atoms with Gasteiger partial charge in [-0.3, -0.25) is 4.79 Å². The van der Waals surface area contributed by atoms with Crippen LogP contribution in [0.15, 0.2) is 54.7 Å². The van der Waals surface area contributed by atoms with E-state index in [1.807, 2.05) is 36.0 Å². The second-order valence-corrected chi connectivity index (χ2v) is 4.98. The van der Waals surface area contributed by atoms with Gasteiger partial charge in [-0.1, -0.05) is 24.3 Å². The zero-order chi connectivity index (χ0) is 14.8. The first-order chi connectivity index (χ1) is 10.1. The molecule has 3 nitrogen and oxygen atoms in total. The van der Waals surface area contributed by atoms with Gasteiger partial charge in [0.15, 0.2) is 0 Å². The molecule has 106 valence electrons. The van der Waals surface area contributed by atoms with E-state index < -0.39 is 0 Å². The van der Waals surface area contributed by atoms with Gasteiger partial charge in [0.25, 0.3) is 5.91 Å². The molecular weight excluding hydrogens is 267 g/mol. The zero-order valence-corrected chi connectivity index (χ0v) is 11.6. The highest BCUT2D eigenvalue weighted by Crippen LogP contribution is 2.19. The predicted octanol–water partition coefficient (Wildman–Crippen LogP) is 3.25. The molecule has 2 aromatic carbocycles. The summed E-state index contributed by atoms with van der Waals surface area (Å²) in [7, 11) is 1.91. The van der Waals surface area contributed by atoms with Crippen LogP contribution in [0.1, 0.15) is 15.9 Å². The molecule has 0 atom stereocenters. The third kappa shape index (κ3) is 2.65. The molecule has 0 aliphatic carbocycles. The van der Waals surface area contributed by atoms with Crippen molar-refractivity contribution in [3.05, 3.63) is 71.7 Å². The van der Waals surface area contributed by atoms with Gasteiger partial charge in [-0.25, -0.2) is 4.39 Å². The smallest absolute Gasteiger partial charge is 0.253 e. The number of benzene rings is 2. The van der Waals surface area contributed by atoms with Crippen molar-refractivity contribution in [2.45, 2.75) is 6.54 Å². The van der Waals surface area contributed by atoms with E-state index >= 15 is 0 Å². The van der Waals surface area contributed by atoms with Crippen LogP contribution in [-0.2, 0) is 13.6 Å². The number of hydrogen-bond donors (Lipinski definition) is 1. The Morgan fingerprint density at radius 2 is 2.00 bits per heavy atom. The molecule has 3 aromatic rings. The van der Waals surface area contributed by atoms with E-state index in [0.717, 1.165) is 16.5 Å². The van der Waals surface area contributed by atoms with Gasteiger partial charge in [0.05, 0.1) is 11.1 Å². The van der Waals surface area contributed by atoms with Gasteiger partial charge in [-0.05, 0) is 29.8 Å². The number of amides is 1. The third-order valence-electron chi connectivity index (χ3n) is 3.48. The molecule has 0 aliphatic heterocycles. The summed E-state index contributed by atoms with van der Waals surface area (Å²) in [5, 5.41) is 3.86. The van der Waals surface area contributed by atoms with Crippen molar-refractivity contribution in [3.8, 4) is 0 Å². The molecule has 1 amide bonds. The number of halogens is 1. The zero-order valence-electron chi connectivity index (χ0n) is 11.6. The van der Waals surface area contributed by atoms with Crippen molar-refractivity contribution in [2.24, 2.45) is 7.05 Å². The first-order valence-electron chi connectivity index (χ1n) is 6.72. The van der Waals surface area contributed by atoms with Gasteiger partial charge in [-0.2, -0.15) is 0 Å². The Labute approximate surface area is 122 Å². The topological polar surface area (TPSA) is 34.0 Å². The lowest BCUT2D eigenvalue weighted by Crippen LogP contribution is -2.23. The fraction of sp³-hybridized carbons (Fsp3) is 0.118. The Balaban J connectivity index is 1.83. The van der Waals surface area contributed by atoms with E-state index in [9.17, 15) is 9.18 Å². The first kappa shape index (κ1) is 13.4. The summed E-state index contributed by atoms with van der Waals surface area (Å²) in [5.74, 6) is -0.460. The molecule has 1 aromatic heterocycles. The molecule has 3 rings (SSSR count). The van der Waals surface area contributed by atoms with E-state index in [1.54, 1.807) is 18.2 Å². The van der Waals surface area contributed by atoms with Crippen LogP contribution in [0.5, 0.6) is 0 Å². The maximum Gasteiger partial charge on any atom is 0.253 e. The van der Waals surface area contributed by atoms with E-state index in [1.165, 1.54) is 12.1 Å². The molecule has 0 saturated carbocycles. The van der Waals surface area contributed by atoms with Crippen molar-refractivity contribution in [1.29, 1.82) is 0 Å². The molecule has 0 saturated heterocycles. The normalized spacial score (nSPS) is 10.8. The summed E-state index contributed by atoms with van der Waals surface area (Å²) in [5.41, 5.74) is 2.26. The summed E-state index contributed by atoms with van der Waals surface area (Å²) in [6.07, 6.45) is 1.92. The van der Waals surface area contributed by atoms with E-state index in [0.29, 0.717) is 12.1 Å². The molecule has 1 N–H and O–H groups in total. The molecule has 0 bridgehead atoms. The van der Waals surface area contributed by atoms with Crippen molar-refractivity contribution in [3.63, 3.8) is 0 Å². The van der Waals surface area contributed by atoms with Crippen LogP contribution < -0.4 is 5.32 Å². The second kappa shape index (κ2) is 5.40. The molecule has 0 spiro atoms. The van der Waals surface area contributed by atoms with Gasteiger partial charge in [0.1, 0.15) is 5.82 Å². The molecule has 0 unspecified atom stereocenters. The Kier molecular flexibility index (Phi) is 3.44. The predicted molar refractivity (Wildman–Crippen MR) is 80.5 cm³/mol. The van der Waals surface area contributed by atoms with Crippen LogP contribution in [0.25, 0.3) is 10.9 Å². The van der Waals surface area contributed by atoms with Gasteiger partial charge in [-0.15, -0.1) is 0 Å². The molecule has 21 heavy (non-hydrogen) atoms. The van der Waals surface area contributed by atoms with Crippen molar-refractivity contribution < 1.29 is 9.18 Å². The highest BCUT2D eigenvalue weighted by atomic mass is 19.1. The summed E-state index contributed by atoms with van der Waals surface area (Å²) >= 11 is 0. The maximum atomic E-state index is 13.1. The number of hydrogen-bond acceptors (Lipinski definition) is 1. The fourth-order valence-corrected chi connectivity index (χ4v) is 2.46. The SMILES string of the molecule is Cn1ccc2cccc(C(=O)NCc3cccc(F)c3)c21. The molecule has 1 heterocycles. The number of carbonyl (C=O) groups is 1. The Morgan fingerprint density at radius 3 is 2.81 bits per heavy atom. The largest absolute Gasteiger partial charge is 0.350 e. The Hall–Kier alpha value is -2.62. The van der Waals surface area contributed by atoms with E-state index in [4.69, 9.17) is 0 Å². The van der Waals surface area contributed by atoms with Crippen molar-refractivity contribution in [2.75, 3.05) is 0 Å². The minimum absolute atomic E-state index is 0.160. The van der Waals surface area contributed by atoms with Gasteiger partial charge < -0.3 is 9.88 Å². The molecule has 0 radical (unpaired) electrons. The van der Waals surface area contributed by atoms with Crippen LogP contribution in [0.4, 0.5) is 4.39 Å². The second-order valence-electron chi connectivity index (χ2n) is 4.98. The van der Waals surface area contributed by atoms with Crippen LogP contribution in [-0.4, -0.2) is 10.5 Å². The number of para-hydroxylation sites is 1. The quantitative estimate of drug-likeness (QED) is 0.786. The number of aromatic nitrogens is 1. The van der Waals surface area contributed by atoms with E-state index in [-0.39, 0.29) is 11.7 Å². The standard InChI is InChI=1S/C17H15FN2O/c1-20-9-8-13-5-3-7-15(16(13)20)17(21)19-11-12-4-2-6-14(18)10-12/h2-10H,11H2,1H3,(H,19,21). The lowest BCUT2D eigenvalue weighted by atomic mass is 10.1. The molecular formula is C17H15FN2O. The summed E-state index contributed by atoms with van der Waals surface area (Å²) in [6, 6.07) is 13.8. The summed E-state index contributed by atoms with van der Waals surface area (Å²) in [6.45, 7) is 0.303. The Bertz CT molecular complexity index is 807. The summed E-state index contributed by atoms with van der Waals surface area (Å²) in [4.78, 5) is 12.3. The van der Waals surface area contributed by atoms with Gasteiger partial charge >= 0.3 is 0 Å². The van der Waals surface area contributed by atoms with Crippen LogP contribution in [0, 0.1) is 5.82 Å². The first-order valence-corrected chi connectivity index (χ1v) is 6.72. The molecule has 0 fully saturated rings. The van der Waals surface area contributed by atoms with Crippen molar-refractivity contribution >= 4 is 16.8 Å². The Morgan fingerprint density at radius 1 is 1.19 bits per heavy atom. The van der Waals surface area contributed by atoms with Crippen LogP contribution in [0.3, 0.4) is 0 Å². The number of carbonyl (C=O) groups excluding carboxylic acids is 1. The van der Waals surface area contributed by atoms with Gasteiger partial charge in [0.2, 0.25) is 0 Å². The number of fused-ring (bicyclic) bond motifs is 1. The number of nitrogens with one attached hydrogen (secondary N) is 1. The monoisotopic (exact) mass is 282 g/mol. The highest BCUT2D eigenvalue weighted by Gasteiger charge is 2.12. The minimum Gasteiger partial charge on any atom is -0.350 e. The lowest BCUT2D eigenvalue weighted by Gasteiger charge is -2.08. The lowest BCUT2D eigenvalue weighted by molar-refractivity contribution is 0.0952. The molecule has 0 aliphatic rings. The molecule has 4 heteroatoms. The van der Waals surface area contributed by atoms with Crippen molar-refractivity contribution in [1.82, 2.24) is 9.88 Å². The summed E-state index contributed by atoms with van der Waals surface area (Å²) < 4.78 is 15.0. The number of aryl methyl sites for hydroxylation is 1. The van der Waals surface area contributed by atoms with Crippen LogP contribution in [0.2, 0.25) is 0 Å². The fourth-order valence-electron chi connectivity index (χ4n) is 2.46. The minimum atomic E-state index is -0.300. The highest BCUT2D eigenvalue weighted by molar-refractivity contribution is 6.05. The van der Waals surface area contributed by atoms with Gasteiger partial charge in [0, 0.05) is 25.2 Å². The maximum absolute atomic E-state index is 13.1. The number of rotatable bonds is 3. The van der Waals surface area contributed by atoms with E-state index in [2.05, 4.69) is 5.32 Å². The number of nitrogens with zero attached hydrogens (tertiary/aromatic N) is 1. The third-order valence-corrected chi connectivity index (χ3v) is 3.48. The average Bonchev–Trinajstić information content (AvgIpc) is 2.87.